The van der Waals surface area contributed by atoms with Gasteiger partial charge in [0.15, 0.2) is 0 Å². The van der Waals surface area contributed by atoms with Crippen LogP contribution in [0.3, 0.4) is 0 Å². The number of hydrogen-bond acceptors (Lipinski definition) is 1. The molecule has 1 aliphatic rings. The van der Waals surface area contributed by atoms with Gasteiger partial charge in [-0.1, -0.05) is 6.92 Å². The van der Waals surface area contributed by atoms with E-state index in [2.05, 4.69) is 17.1 Å². The molecule has 54 valence electrons. The lowest BCUT2D eigenvalue weighted by Gasteiger charge is -1.94. The number of H-pyrrole nitrogens is 2. The summed E-state index contributed by atoms with van der Waals surface area (Å²) in [6, 6.07) is 0. The van der Waals surface area contributed by atoms with E-state index in [-0.39, 0.29) is 5.56 Å². The molecule has 0 fully saturated rings. The van der Waals surface area contributed by atoms with Crippen molar-refractivity contribution in [2.75, 3.05) is 0 Å². The Kier molecular flexibility index (Phi) is 1.01. The molecule has 2 rings (SSSR count). The van der Waals surface area contributed by atoms with Crippen molar-refractivity contribution in [2.45, 2.75) is 25.7 Å². The highest BCUT2D eigenvalue weighted by Crippen LogP contribution is 2.27. The predicted molar refractivity (Wildman–Crippen MR) is 38.1 cm³/mol. The zero-order valence-corrected chi connectivity index (χ0v) is 5.90. The van der Waals surface area contributed by atoms with Gasteiger partial charge in [0.05, 0.1) is 0 Å². The summed E-state index contributed by atoms with van der Waals surface area (Å²) >= 11 is 0. The van der Waals surface area contributed by atoms with Gasteiger partial charge in [-0.3, -0.25) is 9.89 Å². The van der Waals surface area contributed by atoms with Crippen LogP contribution in [0.15, 0.2) is 4.79 Å². The number of nitrogens with one attached hydrogen (secondary N) is 2. The summed E-state index contributed by atoms with van der Waals surface area (Å²) in [5.41, 5.74) is 2.15. The summed E-state index contributed by atoms with van der Waals surface area (Å²) in [6.45, 7) is 2.09. The van der Waals surface area contributed by atoms with Crippen LogP contribution in [0.1, 0.15) is 30.5 Å². The molecule has 1 aromatic rings. The van der Waals surface area contributed by atoms with Crippen molar-refractivity contribution in [1.82, 2.24) is 10.2 Å². The number of rotatable bonds is 0. The van der Waals surface area contributed by atoms with E-state index >= 15 is 0 Å². The number of aryl methyl sites for hydroxylation is 1. The first kappa shape index (κ1) is 5.77. The standard InChI is InChI=1S/C7H10N2O/c1-4-2-3-5-6(4)7(10)9-8-5/h4H,2-3H2,1H3,(H2,8,9,10)/t4-/m0/s1. The molecule has 3 nitrogen and oxygen atoms in total. The molecule has 1 aliphatic carbocycles. The Labute approximate surface area is 58.4 Å². The van der Waals surface area contributed by atoms with Crippen molar-refractivity contribution in [3.63, 3.8) is 0 Å². The Hall–Kier alpha value is -0.990. The lowest BCUT2D eigenvalue weighted by atomic mass is 10.1. The Morgan fingerprint density at radius 3 is 3.00 bits per heavy atom. The molecule has 2 N–H and O–H groups in total. The smallest absolute Gasteiger partial charge is 0.267 e. The van der Waals surface area contributed by atoms with Crippen LogP contribution >= 0.6 is 0 Å². The normalized spacial score (nSPS) is 23.1. The Balaban J connectivity index is 2.65. The summed E-state index contributed by atoms with van der Waals surface area (Å²) in [5, 5.41) is 5.47. The van der Waals surface area contributed by atoms with Crippen LogP contribution in [0.25, 0.3) is 0 Å². The van der Waals surface area contributed by atoms with Crippen LogP contribution in [-0.4, -0.2) is 10.2 Å². The van der Waals surface area contributed by atoms with Crippen LogP contribution in [0, 0.1) is 0 Å². The highest BCUT2D eigenvalue weighted by Gasteiger charge is 2.22. The van der Waals surface area contributed by atoms with Gasteiger partial charge in [0, 0.05) is 11.3 Å². The van der Waals surface area contributed by atoms with Crippen molar-refractivity contribution in [3.05, 3.63) is 21.6 Å². The third-order valence-electron chi connectivity index (χ3n) is 2.22. The van der Waals surface area contributed by atoms with E-state index in [1.807, 2.05) is 0 Å². The summed E-state index contributed by atoms with van der Waals surface area (Å²) in [6.07, 6.45) is 2.14. The second kappa shape index (κ2) is 1.75. The number of fused-ring (bicyclic) bond motifs is 1. The summed E-state index contributed by atoms with van der Waals surface area (Å²) < 4.78 is 0. The van der Waals surface area contributed by atoms with Gasteiger partial charge in [-0.05, 0) is 18.8 Å². The highest BCUT2D eigenvalue weighted by atomic mass is 16.1. The molecule has 0 saturated carbocycles. The predicted octanol–water partition coefficient (Wildman–Crippen LogP) is 0.753. The Morgan fingerprint density at radius 2 is 2.30 bits per heavy atom. The van der Waals surface area contributed by atoms with E-state index < -0.39 is 0 Å². The lowest BCUT2D eigenvalue weighted by Crippen LogP contribution is -2.06. The molecule has 10 heavy (non-hydrogen) atoms. The molecule has 3 heteroatoms. The molecule has 1 heterocycles. The minimum absolute atomic E-state index is 0.0694. The van der Waals surface area contributed by atoms with E-state index in [0.717, 1.165) is 24.1 Å². The molecule has 0 amide bonds. The van der Waals surface area contributed by atoms with Gasteiger partial charge < -0.3 is 5.10 Å². The van der Waals surface area contributed by atoms with Crippen LogP contribution in [0.4, 0.5) is 0 Å². The minimum atomic E-state index is 0.0694. The zero-order valence-electron chi connectivity index (χ0n) is 5.90. The minimum Gasteiger partial charge on any atom is -0.302 e. The molecule has 0 aliphatic heterocycles. The average Bonchev–Trinajstić information content (AvgIpc) is 2.40. The molecule has 0 spiro atoms. The van der Waals surface area contributed by atoms with E-state index in [0.29, 0.717) is 5.92 Å². The first-order valence-electron chi connectivity index (χ1n) is 3.58. The fourth-order valence-electron chi connectivity index (χ4n) is 1.63. The van der Waals surface area contributed by atoms with Gasteiger partial charge in [0.1, 0.15) is 0 Å². The van der Waals surface area contributed by atoms with E-state index in [1.54, 1.807) is 0 Å². The molecule has 1 aromatic heterocycles. The lowest BCUT2D eigenvalue weighted by molar-refractivity contribution is 0.728. The third-order valence-corrected chi connectivity index (χ3v) is 2.22. The van der Waals surface area contributed by atoms with Crippen molar-refractivity contribution < 1.29 is 0 Å². The summed E-state index contributed by atoms with van der Waals surface area (Å²) in [7, 11) is 0. The number of aromatic nitrogens is 2. The molecule has 0 unspecified atom stereocenters. The zero-order chi connectivity index (χ0) is 7.14. The van der Waals surface area contributed by atoms with Crippen molar-refractivity contribution in [3.8, 4) is 0 Å². The second-order valence-electron chi connectivity index (χ2n) is 2.91. The first-order chi connectivity index (χ1) is 4.79. The number of aromatic amines is 2. The quantitative estimate of drug-likeness (QED) is 0.546. The van der Waals surface area contributed by atoms with Crippen LogP contribution in [0.2, 0.25) is 0 Å². The van der Waals surface area contributed by atoms with Crippen molar-refractivity contribution in [1.29, 1.82) is 0 Å². The average molecular weight is 138 g/mol. The second-order valence-corrected chi connectivity index (χ2v) is 2.91. The van der Waals surface area contributed by atoms with Crippen LogP contribution in [-0.2, 0) is 6.42 Å². The van der Waals surface area contributed by atoms with Crippen LogP contribution < -0.4 is 5.56 Å². The SMILES string of the molecule is C[C@H]1CCc2[nH][nH]c(=O)c21. The molecule has 0 aromatic carbocycles. The molecule has 1 atom stereocenters. The molecule has 0 saturated heterocycles. The fraction of sp³-hybridized carbons (Fsp3) is 0.571. The van der Waals surface area contributed by atoms with Gasteiger partial charge in [0.2, 0.25) is 0 Å². The maximum absolute atomic E-state index is 11.0. The maximum Gasteiger partial charge on any atom is 0.267 e. The third kappa shape index (κ3) is 0.574. The fourth-order valence-corrected chi connectivity index (χ4v) is 1.63. The van der Waals surface area contributed by atoms with Crippen molar-refractivity contribution in [2.24, 2.45) is 0 Å². The summed E-state index contributed by atoms with van der Waals surface area (Å²) in [4.78, 5) is 11.0. The van der Waals surface area contributed by atoms with Gasteiger partial charge in [0.25, 0.3) is 5.56 Å². The highest BCUT2D eigenvalue weighted by molar-refractivity contribution is 5.25. The molecular weight excluding hydrogens is 128 g/mol. The van der Waals surface area contributed by atoms with Gasteiger partial charge >= 0.3 is 0 Å². The summed E-state index contributed by atoms with van der Waals surface area (Å²) in [5.74, 6) is 0.449. The van der Waals surface area contributed by atoms with E-state index in [4.69, 9.17) is 0 Å². The molecule has 0 radical (unpaired) electrons. The van der Waals surface area contributed by atoms with Gasteiger partial charge in [-0.2, -0.15) is 0 Å². The topological polar surface area (TPSA) is 48.6 Å². The Bertz CT molecular complexity index is 297. The first-order valence-corrected chi connectivity index (χ1v) is 3.58. The van der Waals surface area contributed by atoms with Gasteiger partial charge in [-0.25, -0.2) is 0 Å². The van der Waals surface area contributed by atoms with Crippen LogP contribution in [0.5, 0.6) is 0 Å². The molecule has 0 bridgehead atoms. The Morgan fingerprint density at radius 1 is 1.50 bits per heavy atom. The number of hydrogen-bond donors (Lipinski definition) is 2. The van der Waals surface area contributed by atoms with E-state index in [9.17, 15) is 4.79 Å². The monoisotopic (exact) mass is 138 g/mol. The molecular formula is C7H10N2O. The largest absolute Gasteiger partial charge is 0.302 e. The van der Waals surface area contributed by atoms with E-state index in [1.165, 1.54) is 0 Å². The maximum atomic E-state index is 11.0. The van der Waals surface area contributed by atoms with Crippen molar-refractivity contribution >= 4 is 0 Å². The van der Waals surface area contributed by atoms with Gasteiger partial charge in [-0.15, -0.1) is 0 Å².